The van der Waals surface area contributed by atoms with Crippen LogP contribution in [0.2, 0.25) is 0 Å². The highest BCUT2D eigenvalue weighted by Crippen LogP contribution is 2.37. The van der Waals surface area contributed by atoms with Crippen LogP contribution in [-0.2, 0) is 7.05 Å². The molecule has 4 heterocycles. The second kappa shape index (κ2) is 8.14. The number of hydrogen-bond acceptors (Lipinski definition) is 7. The molecule has 34 heavy (non-hydrogen) atoms. The number of aryl methyl sites for hydroxylation is 1. The maximum atomic E-state index is 15.0. The van der Waals surface area contributed by atoms with Gasteiger partial charge in [0, 0.05) is 41.9 Å². The molecule has 0 saturated heterocycles. The van der Waals surface area contributed by atoms with E-state index in [0.717, 1.165) is 17.3 Å². The van der Waals surface area contributed by atoms with E-state index in [1.165, 1.54) is 22.4 Å². The number of fused-ring (bicyclic) bond motifs is 3. The quantitative estimate of drug-likeness (QED) is 0.395. The zero-order chi connectivity index (χ0) is 24.0. The molecule has 0 aliphatic heterocycles. The number of benzene rings is 1. The summed E-state index contributed by atoms with van der Waals surface area (Å²) in [5.74, 6) is 0.494. The Labute approximate surface area is 193 Å². The number of pyridine rings is 3. The van der Waals surface area contributed by atoms with Gasteiger partial charge in [-0.1, -0.05) is 0 Å². The second-order valence-electron chi connectivity index (χ2n) is 7.50. The molecule has 0 atom stereocenters. The first-order valence-electron chi connectivity index (χ1n) is 10.2. The van der Waals surface area contributed by atoms with Gasteiger partial charge in [0.1, 0.15) is 11.4 Å². The molecule has 0 bridgehead atoms. The van der Waals surface area contributed by atoms with E-state index < -0.39 is 11.5 Å². The summed E-state index contributed by atoms with van der Waals surface area (Å²) in [5, 5.41) is 0.625. The van der Waals surface area contributed by atoms with Crippen molar-refractivity contribution in [2.24, 2.45) is 7.05 Å². The van der Waals surface area contributed by atoms with E-state index in [-0.39, 0.29) is 11.4 Å². The first-order valence-corrected chi connectivity index (χ1v) is 10.2. The Bertz CT molecular complexity index is 1610. The largest absolute Gasteiger partial charge is 0.496 e. The summed E-state index contributed by atoms with van der Waals surface area (Å²) in [6.45, 7) is 0. The molecule has 172 valence electrons. The van der Waals surface area contributed by atoms with Crippen LogP contribution in [0.4, 0.5) is 4.39 Å². The zero-order valence-corrected chi connectivity index (χ0v) is 18.9. The Morgan fingerprint density at radius 1 is 0.912 bits per heavy atom. The van der Waals surface area contributed by atoms with Crippen molar-refractivity contribution in [3.8, 4) is 34.2 Å². The normalized spacial score (nSPS) is 11.2. The van der Waals surface area contributed by atoms with Crippen LogP contribution in [0.5, 0.6) is 17.4 Å². The van der Waals surface area contributed by atoms with Crippen molar-refractivity contribution in [3.63, 3.8) is 0 Å². The van der Waals surface area contributed by atoms with E-state index in [4.69, 9.17) is 14.2 Å². The molecule has 0 aliphatic rings. The number of imidazole rings is 1. The van der Waals surface area contributed by atoms with Crippen LogP contribution in [0.15, 0.2) is 53.8 Å². The molecule has 0 aliphatic carbocycles. The van der Waals surface area contributed by atoms with Gasteiger partial charge in [0.2, 0.25) is 5.88 Å². The minimum Gasteiger partial charge on any atom is -0.496 e. The van der Waals surface area contributed by atoms with E-state index in [1.807, 2.05) is 12.1 Å². The number of rotatable bonds is 5. The van der Waals surface area contributed by atoms with Gasteiger partial charge >= 0.3 is 5.69 Å². The maximum Gasteiger partial charge on any atom is 0.333 e. The summed E-state index contributed by atoms with van der Waals surface area (Å²) in [6, 6.07) is 7.23. The average Bonchev–Trinajstić information content (AvgIpc) is 3.12. The van der Waals surface area contributed by atoms with E-state index in [1.54, 1.807) is 45.8 Å². The predicted molar refractivity (Wildman–Crippen MR) is 124 cm³/mol. The van der Waals surface area contributed by atoms with Crippen LogP contribution in [-0.4, -0.2) is 45.4 Å². The Balaban J connectivity index is 1.91. The van der Waals surface area contributed by atoms with Crippen molar-refractivity contribution in [1.29, 1.82) is 0 Å². The Kier molecular flexibility index (Phi) is 5.12. The van der Waals surface area contributed by atoms with Crippen LogP contribution >= 0.6 is 0 Å². The van der Waals surface area contributed by atoms with Gasteiger partial charge in [-0.3, -0.25) is 19.1 Å². The number of halogens is 1. The molecule has 0 amide bonds. The molecule has 9 nitrogen and oxygen atoms in total. The minimum atomic E-state index is -0.688. The molecule has 1 aromatic carbocycles. The predicted octanol–water partition coefficient (Wildman–Crippen LogP) is 3.50. The third kappa shape index (κ3) is 3.14. The topological polar surface area (TPSA) is 93.3 Å². The first-order chi connectivity index (χ1) is 16.5. The standard InChI is InChI=1S/C24H20FN5O4/c1-29-18-11-27-17-8-19(32-2)14(13-5-6-21(34-4)28-9-13)7-15(17)22(18)30(24(29)31)23-16(25)10-26-12-20(23)33-3/h5-12H,1-4H3. The maximum absolute atomic E-state index is 15.0. The molecular formula is C24H20FN5O4. The van der Waals surface area contributed by atoms with Gasteiger partial charge in [-0.2, -0.15) is 0 Å². The third-order valence-electron chi connectivity index (χ3n) is 5.74. The van der Waals surface area contributed by atoms with Crippen LogP contribution < -0.4 is 19.9 Å². The molecule has 0 N–H and O–H groups in total. The monoisotopic (exact) mass is 461 g/mol. The highest BCUT2D eigenvalue weighted by molar-refractivity contribution is 6.05. The smallest absolute Gasteiger partial charge is 0.333 e. The summed E-state index contributed by atoms with van der Waals surface area (Å²) in [7, 11) is 6.12. The molecule has 0 spiro atoms. The van der Waals surface area contributed by atoms with Crippen LogP contribution in [0.3, 0.4) is 0 Å². The van der Waals surface area contributed by atoms with Gasteiger partial charge in [0.25, 0.3) is 0 Å². The number of ether oxygens (including phenoxy) is 3. The molecule has 0 radical (unpaired) electrons. The van der Waals surface area contributed by atoms with Crippen LogP contribution in [0, 0.1) is 5.82 Å². The lowest BCUT2D eigenvalue weighted by atomic mass is 10.0. The molecule has 10 heteroatoms. The highest BCUT2D eigenvalue weighted by Gasteiger charge is 2.23. The fourth-order valence-electron chi connectivity index (χ4n) is 4.06. The van der Waals surface area contributed by atoms with Gasteiger partial charge in [0.05, 0.1) is 56.5 Å². The summed E-state index contributed by atoms with van der Waals surface area (Å²) < 4.78 is 33.8. The molecule has 0 unspecified atom stereocenters. The first kappa shape index (κ1) is 21.4. The fraction of sp³-hybridized carbons (Fsp3) is 0.167. The SMILES string of the molecule is COc1ccc(-c2cc3c(cc2OC)ncc2c3n(-c3c(F)cncc3OC)c(=O)n2C)cn1. The summed E-state index contributed by atoms with van der Waals surface area (Å²) in [4.78, 5) is 26.0. The molecule has 0 fully saturated rings. The molecule has 5 aromatic rings. The molecular weight excluding hydrogens is 441 g/mol. The number of nitrogens with zero attached hydrogens (tertiary/aromatic N) is 5. The Morgan fingerprint density at radius 2 is 1.71 bits per heavy atom. The number of methoxy groups -OCH3 is 3. The van der Waals surface area contributed by atoms with E-state index in [0.29, 0.717) is 33.6 Å². The van der Waals surface area contributed by atoms with Crippen molar-refractivity contribution in [1.82, 2.24) is 24.1 Å². The lowest BCUT2D eigenvalue weighted by molar-refractivity contribution is 0.398. The molecule has 5 rings (SSSR count). The minimum absolute atomic E-state index is 0.0240. The van der Waals surface area contributed by atoms with Gasteiger partial charge in [-0.05, 0) is 12.1 Å². The lowest BCUT2D eigenvalue weighted by Gasteiger charge is -2.13. The van der Waals surface area contributed by atoms with Gasteiger partial charge in [-0.25, -0.2) is 14.2 Å². The molecule has 4 aromatic heterocycles. The Hall–Kier alpha value is -4.47. The van der Waals surface area contributed by atoms with Crippen molar-refractivity contribution >= 4 is 21.9 Å². The van der Waals surface area contributed by atoms with E-state index in [2.05, 4.69) is 15.0 Å². The van der Waals surface area contributed by atoms with Crippen LogP contribution in [0.1, 0.15) is 0 Å². The number of aromatic nitrogens is 5. The van der Waals surface area contributed by atoms with Gasteiger partial charge in [0.15, 0.2) is 11.6 Å². The third-order valence-corrected chi connectivity index (χ3v) is 5.74. The second-order valence-corrected chi connectivity index (χ2v) is 7.50. The van der Waals surface area contributed by atoms with Crippen LogP contribution in [0.25, 0.3) is 38.8 Å². The van der Waals surface area contributed by atoms with E-state index in [9.17, 15) is 4.79 Å². The summed E-state index contributed by atoms with van der Waals surface area (Å²) in [5.41, 5.74) is 2.60. The summed E-state index contributed by atoms with van der Waals surface area (Å²) in [6.07, 6.45) is 5.66. The van der Waals surface area contributed by atoms with Crippen molar-refractivity contribution in [3.05, 3.63) is 65.4 Å². The van der Waals surface area contributed by atoms with Gasteiger partial charge < -0.3 is 14.2 Å². The van der Waals surface area contributed by atoms with Crippen molar-refractivity contribution in [2.45, 2.75) is 0 Å². The molecule has 0 saturated carbocycles. The summed E-state index contributed by atoms with van der Waals surface area (Å²) >= 11 is 0. The number of hydrogen-bond donors (Lipinski definition) is 0. The highest BCUT2D eigenvalue weighted by atomic mass is 19.1. The van der Waals surface area contributed by atoms with Gasteiger partial charge in [-0.15, -0.1) is 0 Å². The van der Waals surface area contributed by atoms with E-state index >= 15 is 4.39 Å². The Morgan fingerprint density at radius 3 is 2.38 bits per heavy atom. The fourth-order valence-corrected chi connectivity index (χ4v) is 4.06. The lowest BCUT2D eigenvalue weighted by Crippen LogP contribution is -2.22. The zero-order valence-electron chi connectivity index (χ0n) is 18.9. The van der Waals surface area contributed by atoms with Crippen molar-refractivity contribution < 1.29 is 18.6 Å². The van der Waals surface area contributed by atoms with Crippen molar-refractivity contribution in [2.75, 3.05) is 21.3 Å². The average molecular weight is 461 g/mol.